The predicted octanol–water partition coefficient (Wildman–Crippen LogP) is 2.48. The molecule has 3 heteroatoms. The first-order valence-electron chi connectivity index (χ1n) is 5.39. The van der Waals surface area contributed by atoms with Crippen LogP contribution in [0.1, 0.15) is 26.3 Å². The molecule has 0 aliphatic heterocycles. The largest absolute Gasteiger partial charge is 0.623 e. The van der Waals surface area contributed by atoms with E-state index >= 15 is 0 Å². The average Bonchev–Trinajstić information content (AvgIpc) is 2.17. The Morgan fingerprint density at radius 2 is 1.62 bits per heavy atom. The Balaban J connectivity index is 2.92. The second-order valence-electron chi connectivity index (χ2n) is 5.11. The maximum Gasteiger partial charge on any atom is 0.182 e. The Morgan fingerprint density at radius 3 is 2.00 bits per heavy atom. The predicted molar refractivity (Wildman–Crippen MR) is 69.3 cm³/mol. The van der Waals surface area contributed by atoms with Gasteiger partial charge in [0.15, 0.2) is 11.8 Å². The molecule has 0 unspecified atom stereocenters. The van der Waals surface area contributed by atoms with E-state index in [0.29, 0.717) is 0 Å². The molecule has 0 aromatic heterocycles. The van der Waals surface area contributed by atoms with Crippen LogP contribution in [0.2, 0.25) is 0 Å². The smallest absolute Gasteiger partial charge is 0.182 e. The summed E-state index contributed by atoms with van der Waals surface area (Å²) < 4.78 is 0.984. The van der Waals surface area contributed by atoms with E-state index < -0.39 is 0 Å². The van der Waals surface area contributed by atoms with Gasteiger partial charge in [-0.2, -0.15) is 0 Å². The van der Waals surface area contributed by atoms with Crippen LogP contribution in [0.4, 0.5) is 5.69 Å². The Morgan fingerprint density at radius 1 is 1.12 bits per heavy atom. The van der Waals surface area contributed by atoms with E-state index in [1.807, 2.05) is 64.0 Å². The van der Waals surface area contributed by atoms with Gasteiger partial charge in [-0.15, -0.1) is 0 Å². The topological polar surface area (TPSA) is 29.3 Å². The van der Waals surface area contributed by atoms with Crippen molar-refractivity contribution in [2.24, 2.45) is 0 Å². The number of hydroxylamine groups is 1. The van der Waals surface area contributed by atoms with Crippen LogP contribution in [0, 0.1) is 5.21 Å². The summed E-state index contributed by atoms with van der Waals surface area (Å²) in [6, 6.07) is 7.91. The van der Waals surface area contributed by atoms with Crippen LogP contribution in [0.15, 0.2) is 24.3 Å². The summed E-state index contributed by atoms with van der Waals surface area (Å²) in [6.45, 7) is 5.68. The van der Waals surface area contributed by atoms with Gasteiger partial charge in [0.25, 0.3) is 0 Å². The molecule has 0 spiro atoms. The molecule has 1 rings (SSSR count). The molecule has 3 nitrogen and oxygen atoms in total. The summed E-state index contributed by atoms with van der Waals surface area (Å²) in [5, 5.41) is 11.7. The molecule has 1 aromatic rings. The molecule has 0 heterocycles. The highest BCUT2D eigenvalue weighted by Gasteiger charge is 2.17. The average molecular weight is 220 g/mol. The number of rotatable bonds is 2. The van der Waals surface area contributed by atoms with Crippen molar-refractivity contribution in [2.75, 3.05) is 19.0 Å². The van der Waals surface area contributed by atoms with Gasteiger partial charge in [0, 0.05) is 46.1 Å². The monoisotopic (exact) mass is 220 g/mol. The van der Waals surface area contributed by atoms with Gasteiger partial charge < -0.3 is 10.1 Å². The second-order valence-corrected chi connectivity index (χ2v) is 5.11. The summed E-state index contributed by atoms with van der Waals surface area (Å²) in [6.07, 6.45) is 1.62. The fraction of sp³-hybridized carbons (Fsp3) is 0.462. The highest BCUT2D eigenvalue weighted by atomic mass is 16.5. The van der Waals surface area contributed by atoms with Crippen LogP contribution in [-0.2, 0) is 0 Å². The molecule has 0 saturated carbocycles. The maximum atomic E-state index is 11.7. The first kappa shape index (κ1) is 12.6. The van der Waals surface area contributed by atoms with Crippen molar-refractivity contribution in [1.29, 1.82) is 0 Å². The molecule has 0 aliphatic carbocycles. The van der Waals surface area contributed by atoms with Crippen LogP contribution in [-0.4, -0.2) is 30.6 Å². The van der Waals surface area contributed by atoms with Crippen molar-refractivity contribution in [2.45, 2.75) is 26.3 Å². The molecule has 0 saturated heterocycles. The van der Waals surface area contributed by atoms with Crippen molar-refractivity contribution in [1.82, 2.24) is 0 Å². The molecule has 1 aromatic carbocycles. The molecular formula is C13H20N2O. The number of hydrogen-bond donors (Lipinski definition) is 0. The number of benzene rings is 1. The highest BCUT2D eigenvalue weighted by molar-refractivity contribution is 5.76. The van der Waals surface area contributed by atoms with E-state index in [-0.39, 0.29) is 5.54 Å². The molecule has 0 fully saturated rings. The van der Waals surface area contributed by atoms with E-state index in [4.69, 9.17) is 0 Å². The van der Waals surface area contributed by atoms with Gasteiger partial charge in [-0.1, -0.05) is 0 Å². The summed E-state index contributed by atoms with van der Waals surface area (Å²) in [5.74, 6) is 0. The molecule has 0 bridgehead atoms. The number of anilines is 1. The standard InChI is InChI=1S/C13H20N2O/c1-13(2,3)15(16)10-11-6-8-12(9-7-11)14(4)5/h6-10H,1-5H3/b15-10-. The summed E-state index contributed by atoms with van der Waals surface area (Å²) in [4.78, 5) is 2.03. The lowest BCUT2D eigenvalue weighted by atomic mass is 10.1. The van der Waals surface area contributed by atoms with Crippen molar-refractivity contribution in [3.05, 3.63) is 35.0 Å². The third-order valence-electron chi connectivity index (χ3n) is 2.34. The lowest BCUT2D eigenvalue weighted by Crippen LogP contribution is -2.29. The van der Waals surface area contributed by atoms with Gasteiger partial charge in [-0.25, -0.2) is 4.74 Å². The fourth-order valence-electron chi connectivity index (χ4n) is 1.19. The summed E-state index contributed by atoms with van der Waals surface area (Å²) >= 11 is 0. The molecule has 0 atom stereocenters. The third kappa shape index (κ3) is 3.26. The third-order valence-corrected chi connectivity index (χ3v) is 2.34. The van der Waals surface area contributed by atoms with Gasteiger partial charge >= 0.3 is 0 Å². The first-order valence-corrected chi connectivity index (χ1v) is 5.39. The van der Waals surface area contributed by atoms with Gasteiger partial charge in [-0.3, -0.25) is 0 Å². The van der Waals surface area contributed by atoms with E-state index in [9.17, 15) is 5.21 Å². The number of nitrogens with zero attached hydrogens (tertiary/aromatic N) is 2. The maximum absolute atomic E-state index is 11.7. The van der Waals surface area contributed by atoms with Crippen LogP contribution >= 0.6 is 0 Å². The highest BCUT2D eigenvalue weighted by Crippen LogP contribution is 2.12. The van der Waals surface area contributed by atoms with E-state index in [0.717, 1.165) is 16.0 Å². The van der Waals surface area contributed by atoms with Crippen molar-refractivity contribution in [3.63, 3.8) is 0 Å². The first-order chi connectivity index (χ1) is 7.30. The number of hydrogen-bond acceptors (Lipinski definition) is 2. The second kappa shape index (κ2) is 4.56. The Bertz CT molecular complexity index is 372. The van der Waals surface area contributed by atoms with Crippen molar-refractivity contribution >= 4 is 11.9 Å². The van der Waals surface area contributed by atoms with Crippen LogP contribution in [0.3, 0.4) is 0 Å². The molecule has 0 N–H and O–H groups in total. The lowest BCUT2D eigenvalue weighted by Gasteiger charge is -2.18. The van der Waals surface area contributed by atoms with Gasteiger partial charge in [-0.05, 0) is 24.3 Å². The fourth-order valence-corrected chi connectivity index (χ4v) is 1.19. The summed E-state index contributed by atoms with van der Waals surface area (Å²) in [7, 11) is 3.99. The van der Waals surface area contributed by atoms with Crippen molar-refractivity contribution in [3.8, 4) is 0 Å². The van der Waals surface area contributed by atoms with Crippen LogP contribution in [0.5, 0.6) is 0 Å². The normalized spacial score (nSPS) is 12.7. The van der Waals surface area contributed by atoms with Crippen LogP contribution < -0.4 is 4.90 Å². The van der Waals surface area contributed by atoms with E-state index in [1.54, 1.807) is 6.21 Å². The quantitative estimate of drug-likeness (QED) is 0.331. The summed E-state index contributed by atoms with van der Waals surface area (Å²) in [5.41, 5.74) is 1.67. The SMILES string of the molecule is CN(C)c1ccc(/C=[N+](\[O-])C(C)(C)C)cc1. The molecule has 0 amide bonds. The minimum atomic E-state index is -0.389. The zero-order valence-corrected chi connectivity index (χ0v) is 10.7. The molecule has 0 radical (unpaired) electrons. The molecule has 0 aliphatic rings. The van der Waals surface area contributed by atoms with Gasteiger partial charge in [0.2, 0.25) is 0 Å². The molecule has 16 heavy (non-hydrogen) atoms. The van der Waals surface area contributed by atoms with E-state index in [2.05, 4.69) is 0 Å². The Labute approximate surface area is 97.6 Å². The zero-order chi connectivity index (χ0) is 12.3. The Kier molecular flexibility index (Phi) is 3.58. The van der Waals surface area contributed by atoms with Crippen molar-refractivity contribution < 1.29 is 4.74 Å². The van der Waals surface area contributed by atoms with Crippen LogP contribution in [0.25, 0.3) is 0 Å². The van der Waals surface area contributed by atoms with Gasteiger partial charge in [0.1, 0.15) is 0 Å². The minimum absolute atomic E-state index is 0.389. The minimum Gasteiger partial charge on any atom is -0.623 e. The van der Waals surface area contributed by atoms with Gasteiger partial charge in [0.05, 0.1) is 0 Å². The van der Waals surface area contributed by atoms with E-state index in [1.165, 1.54) is 0 Å². The zero-order valence-electron chi connectivity index (χ0n) is 10.7. The lowest BCUT2D eigenvalue weighted by molar-refractivity contribution is -0.530. The Hall–Kier alpha value is -1.51. The molecule has 88 valence electrons. The molecular weight excluding hydrogens is 200 g/mol.